The molecular weight excluding hydrogens is 308 g/mol. The van der Waals surface area contributed by atoms with Crippen LogP contribution in [-0.2, 0) is 9.53 Å². The lowest BCUT2D eigenvalue weighted by atomic mass is 10.1. The Bertz CT molecular complexity index is 625. The van der Waals surface area contributed by atoms with E-state index in [1.165, 1.54) is 13.3 Å². The summed E-state index contributed by atoms with van der Waals surface area (Å²) < 4.78 is 5.17. The van der Waals surface area contributed by atoms with Gasteiger partial charge in [-0.25, -0.2) is 4.79 Å². The largest absolute Gasteiger partial charge is 0.451 e. The van der Waals surface area contributed by atoms with Gasteiger partial charge < -0.3 is 14.6 Å². The van der Waals surface area contributed by atoms with Gasteiger partial charge in [-0.3, -0.25) is 9.59 Å². The van der Waals surface area contributed by atoms with Crippen LogP contribution in [0.15, 0.2) is 0 Å². The number of esters is 1. The highest BCUT2D eigenvalue weighted by Crippen LogP contribution is 2.19. The van der Waals surface area contributed by atoms with Gasteiger partial charge in [-0.1, -0.05) is 19.3 Å². The highest BCUT2D eigenvalue weighted by atomic mass is 16.5. The number of H-pyrrole nitrogens is 1. The predicted molar refractivity (Wildman–Crippen MR) is 90.2 cm³/mol. The normalized spacial score (nSPS) is 15.5. The van der Waals surface area contributed by atoms with Crippen LogP contribution in [0, 0.1) is 13.8 Å². The minimum absolute atomic E-state index is 0.1000. The second kappa shape index (κ2) is 8.13. The van der Waals surface area contributed by atoms with Crippen molar-refractivity contribution in [3.8, 4) is 0 Å². The van der Waals surface area contributed by atoms with Crippen LogP contribution in [-0.4, -0.2) is 47.2 Å². The van der Waals surface area contributed by atoms with E-state index in [4.69, 9.17) is 4.74 Å². The number of likely N-dealkylation sites (tertiary alicyclic amines) is 1. The number of ketones is 1. The highest BCUT2D eigenvalue weighted by molar-refractivity contribution is 6.01. The maximum Gasteiger partial charge on any atom is 0.355 e. The van der Waals surface area contributed by atoms with E-state index in [0.29, 0.717) is 16.8 Å². The molecule has 6 nitrogen and oxygen atoms in total. The average Bonchev–Trinajstić information content (AvgIpc) is 2.79. The summed E-state index contributed by atoms with van der Waals surface area (Å²) in [5, 5.41) is 0. The van der Waals surface area contributed by atoms with Gasteiger partial charge in [0, 0.05) is 24.3 Å². The number of nitrogens with one attached hydrogen (secondary N) is 1. The van der Waals surface area contributed by atoms with Crippen molar-refractivity contribution in [2.45, 2.75) is 52.9 Å². The molecule has 1 aromatic heterocycles. The molecule has 1 aliphatic rings. The second-order valence-corrected chi connectivity index (χ2v) is 6.41. The fraction of sp³-hybridized carbons (Fsp3) is 0.611. The second-order valence-electron chi connectivity index (χ2n) is 6.41. The zero-order valence-electron chi connectivity index (χ0n) is 14.7. The first-order valence-corrected chi connectivity index (χ1v) is 8.56. The molecule has 24 heavy (non-hydrogen) atoms. The quantitative estimate of drug-likeness (QED) is 0.678. The van der Waals surface area contributed by atoms with Gasteiger partial charge >= 0.3 is 5.97 Å². The summed E-state index contributed by atoms with van der Waals surface area (Å²) in [7, 11) is 0. The first-order chi connectivity index (χ1) is 11.4. The molecule has 1 saturated heterocycles. The number of hydrogen-bond acceptors (Lipinski definition) is 4. The SMILES string of the molecule is CC(=O)c1c(C)[nH]c(C(=O)OCC(=O)N2CCCCCCC2)c1C. The van der Waals surface area contributed by atoms with Crippen molar-refractivity contribution in [1.82, 2.24) is 9.88 Å². The zero-order valence-corrected chi connectivity index (χ0v) is 14.7. The van der Waals surface area contributed by atoms with Gasteiger partial charge in [0.05, 0.1) is 0 Å². The summed E-state index contributed by atoms with van der Waals surface area (Å²) >= 11 is 0. The lowest BCUT2D eigenvalue weighted by Crippen LogP contribution is -2.37. The van der Waals surface area contributed by atoms with Gasteiger partial charge in [-0.15, -0.1) is 0 Å². The molecule has 0 aromatic carbocycles. The van der Waals surface area contributed by atoms with Crippen LogP contribution in [0.1, 0.15) is 71.1 Å². The summed E-state index contributed by atoms with van der Waals surface area (Å²) in [5.74, 6) is -0.849. The van der Waals surface area contributed by atoms with E-state index in [0.717, 1.165) is 38.8 Å². The standard InChI is InChI=1S/C18H26N2O4/c1-12-16(14(3)21)13(2)19-17(12)18(23)24-11-15(22)20-9-7-5-4-6-8-10-20/h19H,4-11H2,1-3H3. The Hall–Kier alpha value is -2.11. The number of rotatable bonds is 4. The van der Waals surface area contributed by atoms with E-state index in [2.05, 4.69) is 4.98 Å². The maximum absolute atomic E-state index is 12.2. The van der Waals surface area contributed by atoms with E-state index in [1.807, 2.05) is 0 Å². The average molecular weight is 334 g/mol. The highest BCUT2D eigenvalue weighted by Gasteiger charge is 2.22. The van der Waals surface area contributed by atoms with Crippen LogP contribution < -0.4 is 0 Å². The molecule has 0 radical (unpaired) electrons. The van der Waals surface area contributed by atoms with Crippen molar-refractivity contribution in [3.05, 3.63) is 22.5 Å². The molecular formula is C18H26N2O4. The van der Waals surface area contributed by atoms with E-state index < -0.39 is 5.97 Å². The van der Waals surface area contributed by atoms with Crippen LogP contribution in [0.25, 0.3) is 0 Å². The van der Waals surface area contributed by atoms with Crippen LogP contribution >= 0.6 is 0 Å². The molecule has 2 rings (SSSR count). The van der Waals surface area contributed by atoms with Gasteiger partial charge in [0.15, 0.2) is 12.4 Å². The summed E-state index contributed by atoms with van der Waals surface area (Å²) in [6.07, 6.45) is 5.49. The number of nitrogens with zero attached hydrogens (tertiary/aromatic N) is 1. The summed E-state index contributed by atoms with van der Waals surface area (Å²) in [5.41, 5.74) is 1.97. The van der Waals surface area contributed by atoms with Crippen molar-refractivity contribution in [2.75, 3.05) is 19.7 Å². The summed E-state index contributed by atoms with van der Waals surface area (Å²) in [6.45, 7) is 6.11. The number of aryl methyl sites for hydroxylation is 1. The number of amides is 1. The molecule has 132 valence electrons. The van der Waals surface area contributed by atoms with Crippen molar-refractivity contribution < 1.29 is 19.1 Å². The Morgan fingerprint density at radius 1 is 1.04 bits per heavy atom. The number of ether oxygens (including phenoxy) is 1. The minimum atomic E-state index is -0.594. The van der Waals surface area contributed by atoms with Crippen LogP contribution in [0.4, 0.5) is 0 Å². The molecule has 0 spiro atoms. The zero-order chi connectivity index (χ0) is 17.7. The van der Waals surface area contributed by atoms with Gasteiger partial charge in [-0.2, -0.15) is 0 Å². The predicted octanol–water partition coefficient (Wildman–Crippen LogP) is 2.78. The van der Waals surface area contributed by atoms with Crippen molar-refractivity contribution in [3.63, 3.8) is 0 Å². The Morgan fingerprint density at radius 2 is 1.62 bits per heavy atom. The van der Waals surface area contributed by atoms with E-state index in [1.54, 1.807) is 18.7 Å². The van der Waals surface area contributed by atoms with E-state index in [9.17, 15) is 14.4 Å². The topological polar surface area (TPSA) is 79.5 Å². The lowest BCUT2D eigenvalue weighted by Gasteiger charge is -2.24. The van der Waals surface area contributed by atoms with Crippen LogP contribution in [0.3, 0.4) is 0 Å². The first-order valence-electron chi connectivity index (χ1n) is 8.56. The Labute approximate surface area is 142 Å². The van der Waals surface area contributed by atoms with Crippen molar-refractivity contribution >= 4 is 17.7 Å². The number of hydrogen-bond donors (Lipinski definition) is 1. The Morgan fingerprint density at radius 3 is 2.17 bits per heavy atom. The van der Waals surface area contributed by atoms with E-state index in [-0.39, 0.29) is 24.0 Å². The molecule has 1 fully saturated rings. The maximum atomic E-state index is 12.2. The van der Waals surface area contributed by atoms with Gasteiger partial charge in [0.25, 0.3) is 5.91 Å². The molecule has 0 aliphatic carbocycles. The molecule has 2 heterocycles. The lowest BCUT2D eigenvalue weighted by molar-refractivity contribution is -0.134. The minimum Gasteiger partial charge on any atom is -0.451 e. The fourth-order valence-electron chi connectivity index (χ4n) is 3.27. The Kier molecular flexibility index (Phi) is 6.17. The first kappa shape index (κ1) is 18.2. The van der Waals surface area contributed by atoms with Crippen molar-refractivity contribution in [2.24, 2.45) is 0 Å². The number of carbonyl (C=O) groups is 3. The summed E-state index contributed by atoms with van der Waals surface area (Å²) in [6, 6.07) is 0. The summed E-state index contributed by atoms with van der Waals surface area (Å²) in [4.78, 5) is 40.8. The molecule has 0 bridgehead atoms. The number of Topliss-reactive ketones (excluding diaryl/α,β-unsaturated/α-hetero) is 1. The third-order valence-electron chi connectivity index (χ3n) is 4.53. The molecule has 1 amide bonds. The number of carbonyl (C=O) groups excluding carboxylic acids is 3. The molecule has 1 N–H and O–H groups in total. The molecule has 0 unspecified atom stereocenters. The van der Waals surface area contributed by atoms with E-state index >= 15 is 0 Å². The molecule has 0 saturated carbocycles. The van der Waals surface area contributed by atoms with Crippen LogP contribution in [0.2, 0.25) is 0 Å². The molecule has 6 heteroatoms. The fourth-order valence-corrected chi connectivity index (χ4v) is 3.27. The third kappa shape index (κ3) is 4.24. The smallest absolute Gasteiger partial charge is 0.355 e. The number of aromatic amines is 1. The number of aromatic nitrogens is 1. The van der Waals surface area contributed by atoms with Gasteiger partial charge in [0.1, 0.15) is 5.69 Å². The molecule has 0 atom stereocenters. The molecule has 1 aliphatic heterocycles. The molecule has 1 aromatic rings. The van der Waals surface area contributed by atoms with Gasteiger partial charge in [-0.05, 0) is 39.2 Å². The van der Waals surface area contributed by atoms with Crippen molar-refractivity contribution in [1.29, 1.82) is 0 Å². The van der Waals surface area contributed by atoms with Crippen LogP contribution in [0.5, 0.6) is 0 Å². The van der Waals surface area contributed by atoms with Gasteiger partial charge in [0.2, 0.25) is 0 Å². The monoisotopic (exact) mass is 334 g/mol. The third-order valence-corrected chi connectivity index (χ3v) is 4.53. The Balaban J connectivity index is 1.96.